The maximum Gasteiger partial charge on any atom is 0.129 e. The summed E-state index contributed by atoms with van der Waals surface area (Å²) in [5.41, 5.74) is 5.37. The second-order valence-corrected chi connectivity index (χ2v) is 2.92. The van der Waals surface area contributed by atoms with Gasteiger partial charge in [0.05, 0.1) is 0 Å². The van der Waals surface area contributed by atoms with Crippen LogP contribution in [0.3, 0.4) is 0 Å². The molecule has 3 heteroatoms. The fourth-order valence-corrected chi connectivity index (χ4v) is 1.18. The van der Waals surface area contributed by atoms with Crippen molar-refractivity contribution in [2.75, 3.05) is 6.54 Å². The van der Waals surface area contributed by atoms with Crippen molar-refractivity contribution in [1.82, 2.24) is 0 Å². The Morgan fingerprint density at radius 2 is 2.00 bits per heavy atom. The van der Waals surface area contributed by atoms with Gasteiger partial charge >= 0.3 is 0 Å². The van der Waals surface area contributed by atoms with Gasteiger partial charge in [-0.3, -0.25) is 0 Å². The maximum absolute atomic E-state index is 13.3. The number of hydrogen-bond acceptors (Lipinski definition) is 1. The molecule has 0 fully saturated rings. The lowest BCUT2D eigenvalue weighted by Crippen LogP contribution is -2.02. The van der Waals surface area contributed by atoms with Crippen LogP contribution in [0.5, 0.6) is 0 Å². The number of nitrogens with two attached hydrogens (primary N) is 1. The highest BCUT2D eigenvalue weighted by Gasteiger charge is 2.12. The van der Waals surface area contributed by atoms with Gasteiger partial charge < -0.3 is 5.73 Å². The predicted molar refractivity (Wildman–Crippen MR) is 48.5 cm³/mol. The minimum Gasteiger partial charge on any atom is -0.330 e. The highest BCUT2D eigenvalue weighted by Crippen LogP contribution is 2.24. The lowest BCUT2D eigenvalue weighted by Gasteiger charge is -2.07. The molecule has 1 atom stereocenters. The minimum atomic E-state index is -1.23. The zero-order valence-corrected chi connectivity index (χ0v) is 7.34. The molecule has 0 radical (unpaired) electrons. The lowest BCUT2D eigenvalue weighted by atomic mass is 10.1. The van der Waals surface area contributed by atoms with Crippen molar-refractivity contribution in [2.24, 2.45) is 5.73 Å². The molecular formula is C10H13F2N. The van der Waals surface area contributed by atoms with Crippen molar-refractivity contribution in [2.45, 2.75) is 19.0 Å². The molecule has 13 heavy (non-hydrogen) atoms. The van der Waals surface area contributed by atoms with Crippen LogP contribution in [0.15, 0.2) is 24.3 Å². The molecule has 1 aromatic rings. The van der Waals surface area contributed by atoms with E-state index in [1.54, 1.807) is 12.1 Å². The van der Waals surface area contributed by atoms with E-state index in [1.165, 1.54) is 12.1 Å². The summed E-state index contributed by atoms with van der Waals surface area (Å²) in [6.45, 7) is 0.439. The summed E-state index contributed by atoms with van der Waals surface area (Å²) >= 11 is 0. The van der Waals surface area contributed by atoms with E-state index in [2.05, 4.69) is 0 Å². The number of rotatable bonds is 4. The molecule has 0 aliphatic heterocycles. The largest absolute Gasteiger partial charge is 0.330 e. The predicted octanol–water partition coefficient (Wildman–Crippen LogP) is 2.58. The summed E-state index contributed by atoms with van der Waals surface area (Å²) in [6, 6.07) is 5.92. The Morgan fingerprint density at radius 1 is 1.31 bits per heavy atom. The smallest absolute Gasteiger partial charge is 0.129 e. The van der Waals surface area contributed by atoms with E-state index in [0.29, 0.717) is 13.0 Å². The number of benzene rings is 1. The molecule has 0 aliphatic carbocycles. The number of halogens is 2. The molecule has 0 aromatic heterocycles. The number of hydrogen-bond donors (Lipinski definition) is 1. The van der Waals surface area contributed by atoms with Gasteiger partial charge in [-0.25, -0.2) is 8.78 Å². The van der Waals surface area contributed by atoms with Crippen molar-refractivity contribution in [3.63, 3.8) is 0 Å². The van der Waals surface area contributed by atoms with E-state index < -0.39 is 12.0 Å². The second kappa shape index (κ2) is 4.92. The van der Waals surface area contributed by atoms with Gasteiger partial charge in [-0.05, 0) is 25.5 Å². The highest BCUT2D eigenvalue weighted by atomic mass is 19.1. The molecule has 1 unspecified atom stereocenters. The van der Waals surface area contributed by atoms with Crippen molar-refractivity contribution in [3.05, 3.63) is 35.6 Å². The Labute approximate surface area is 76.6 Å². The van der Waals surface area contributed by atoms with E-state index >= 15 is 0 Å². The van der Waals surface area contributed by atoms with Crippen molar-refractivity contribution in [3.8, 4) is 0 Å². The van der Waals surface area contributed by atoms with E-state index in [1.807, 2.05) is 0 Å². The third-order valence-corrected chi connectivity index (χ3v) is 1.90. The van der Waals surface area contributed by atoms with Crippen molar-refractivity contribution >= 4 is 0 Å². The van der Waals surface area contributed by atoms with Gasteiger partial charge in [-0.2, -0.15) is 0 Å². The van der Waals surface area contributed by atoms with Gasteiger partial charge in [0, 0.05) is 5.56 Å². The van der Waals surface area contributed by atoms with E-state index in [-0.39, 0.29) is 12.0 Å². The van der Waals surface area contributed by atoms with E-state index in [4.69, 9.17) is 5.73 Å². The average Bonchev–Trinajstić information content (AvgIpc) is 2.15. The topological polar surface area (TPSA) is 26.0 Å². The fraction of sp³-hybridized carbons (Fsp3) is 0.400. The molecule has 1 aromatic carbocycles. The molecule has 72 valence electrons. The highest BCUT2D eigenvalue weighted by molar-refractivity contribution is 5.19. The molecular weight excluding hydrogens is 172 g/mol. The van der Waals surface area contributed by atoms with Crippen LogP contribution in [0.2, 0.25) is 0 Å². The molecule has 0 aliphatic rings. The fourth-order valence-electron chi connectivity index (χ4n) is 1.18. The van der Waals surface area contributed by atoms with Gasteiger partial charge in [0.2, 0.25) is 0 Å². The van der Waals surface area contributed by atoms with Crippen LogP contribution in [0, 0.1) is 5.82 Å². The summed E-state index contributed by atoms with van der Waals surface area (Å²) in [4.78, 5) is 0. The first-order valence-electron chi connectivity index (χ1n) is 4.34. The summed E-state index contributed by atoms with van der Waals surface area (Å²) in [5, 5.41) is 0. The van der Waals surface area contributed by atoms with Gasteiger partial charge in [0.25, 0.3) is 0 Å². The Balaban J connectivity index is 2.65. The van der Waals surface area contributed by atoms with Gasteiger partial charge in [0.15, 0.2) is 0 Å². The standard InChI is InChI=1S/C10H13F2N/c11-9-5-2-1-4-8(9)10(12)6-3-7-13/h1-2,4-5,10H,3,6-7,13H2. The Kier molecular flexibility index (Phi) is 3.83. The second-order valence-electron chi connectivity index (χ2n) is 2.92. The molecule has 0 bridgehead atoms. The normalized spacial score (nSPS) is 12.8. The van der Waals surface area contributed by atoms with Gasteiger partial charge in [0.1, 0.15) is 12.0 Å². The molecule has 0 saturated heterocycles. The van der Waals surface area contributed by atoms with Crippen molar-refractivity contribution in [1.29, 1.82) is 0 Å². The Hall–Kier alpha value is -0.960. The first-order chi connectivity index (χ1) is 6.25. The zero-order valence-electron chi connectivity index (χ0n) is 7.34. The minimum absolute atomic E-state index is 0.135. The lowest BCUT2D eigenvalue weighted by molar-refractivity contribution is 0.309. The summed E-state index contributed by atoms with van der Waals surface area (Å²) in [6.07, 6.45) is -0.364. The quantitative estimate of drug-likeness (QED) is 0.766. The van der Waals surface area contributed by atoms with Crippen LogP contribution < -0.4 is 5.73 Å². The molecule has 1 rings (SSSR count). The Bertz CT molecular complexity index is 263. The van der Waals surface area contributed by atoms with Crippen LogP contribution in [0.25, 0.3) is 0 Å². The number of alkyl halides is 1. The molecule has 2 N–H and O–H groups in total. The first-order valence-corrected chi connectivity index (χ1v) is 4.34. The zero-order chi connectivity index (χ0) is 9.68. The SMILES string of the molecule is NCCCC(F)c1ccccc1F. The average molecular weight is 185 g/mol. The molecule has 0 heterocycles. The summed E-state index contributed by atoms with van der Waals surface area (Å²) in [5.74, 6) is -0.480. The monoisotopic (exact) mass is 185 g/mol. The van der Waals surface area contributed by atoms with Crippen LogP contribution in [-0.4, -0.2) is 6.54 Å². The van der Waals surface area contributed by atoms with Crippen LogP contribution >= 0.6 is 0 Å². The summed E-state index contributed by atoms with van der Waals surface area (Å²) in [7, 11) is 0. The molecule has 0 saturated carbocycles. The maximum atomic E-state index is 13.3. The van der Waals surface area contributed by atoms with Crippen LogP contribution in [0.1, 0.15) is 24.6 Å². The van der Waals surface area contributed by atoms with E-state index in [0.717, 1.165) is 0 Å². The van der Waals surface area contributed by atoms with Crippen LogP contribution in [0.4, 0.5) is 8.78 Å². The summed E-state index contributed by atoms with van der Waals surface area (Å²) < 4.78 is 26.3. The van der Waals surface area contributed by atoms with Gasteiger partial charge in [-0.15, -0.1) is 0 Å². The van der Waals surface area contributed by atoms with Gasteiger partial charge in [-0.1, -0.05) is 18.2 Å². The Morgan fingerprint density at radius 3 is 2.62 bits per heavy atom. The van der Waals surface area contributed by atoms with Crippen molar-refractivity contribution < 1.29 is 8.78 Å². The van der Waals surface area contributed by atoms with E-state index in [9.17, 15) is 8.78 Å². The first kappa shape index (κ1) is 10.1. The molecule has 0 spiro atoms. The third kappa shape index (κ3) is 2.77. The molecule has 0 amide bonds. The molecule has 1 nitrogen and oxygen atoms in total. The third-order valence-electron chi connectivity index (χ3n) is 1.90. The van der Waals surface area contributed by atoms with Crippen LogP contribution in [-0.2, 0) is 0 Å².